The number of fused-ring (bicyclic) bond motifs is 2. The van der Waals surface area contributed by atoms with Gasteiger partial charge >= 0.3 is 6.09 Å². The highest BCUT2D eigenvalue weighted by Crippen LogP contribution is 2.22. The average Bonchev–Trinajstić information content (AvgIpc) is 3.06. The number of nitrogens with zero attached hydrogens (tertiary/aromatic N) is 4. The Labute approximate surface area is 130 Å². The first kappa shape index (κ1) is 14.1. The highest BCUT2D eigenvalue weighted by Gasteiger charge is 2.34. The SMILES string of the molecule is Nc1nccn2cnc(Br)c12.O=C1OCC2CCCCN12. The Morgan fingerprint density at radius 1 is 1.38 bits per heavy atom. The first-order chi connectivity index (χ1) is 10.2. The predicted molar refractivity (Wildman–Crippen MR) is 80.8 cm³/mol. The number of cyclic esters (lactones) is 1. The Hall–Kier alpha value is -1.83. The van der Waals surface area contributed by atoms with E-state index in [1.807, 2.05) is 9.30 Å². The summed E-state index contributed by atoms with van der Waals surface area (Å²) in [6.07, 6.45) is 8.52. The summed E-state index contributed by atoms with van der Waals surface area (Å²) in [5, 5.41) is 0. The number of carbonyl (C=O) groups is 1. The molecule has 7 nitrogen and oxygen atoms in total. The molecule has 8 heteroatoms. The zero-order valence-corrected chi connectivity index (χ0v) is 13.0. The molecule has 0 aromatic carbocycles. The van der Waals surface area contributed by atoms with Gasteiger partial charge in [0.05, 0.1) is 6.04 Å². The molecule has 0 spiro atoms. The van der Waals surface area contributed by atoms with Crippen molar-refractivity contribution in [3.63, 3.8) is 0 Å². The second-order valence-electron chi connectivity index (χ2n) is 5.02. The summed E-state index contributed by atoms with van der Waals surface area (Å²) >= 11 is 3.27. The number of carbonyl (C=O) groups excluding carboxylic acids is 1. The van der Waals surface area contributed by atoms with Gasteiger partial charge in [0, 0.05) is 18.9 Å². The summed E-state index contributed by atoms with van der Waals surface area (Å²) in [6, 6.07) is 0.404. The van der Waals surface area contributed by atoms with Gasteiger partial charge in [-0.2, -0.15) is 0 Å². The number of halogens is 1. The van der Waals surface area contributed by atoms with E-state index in [-0.39, 0.29) is 6.09 Å². The van der Waals surface area contributed by atoms with Gasteiger partial charge in [-0.1, -0.05) is 0 Å². The minimum Gasteiger partial charge on any atom is -0.447 e. The lowest BCUT2D eigenvalue weighted by atomic mass is 10.0. The number of nitrogens with two attached hydrogens (primary N) is 1. The van der Waals surface area contributed by atoms with E-state index in [4.69, 9.17) is 10.5 Å². The molecule has 4 rings (SSSR count). The number of piperidine rings is 1. The number of nitrogen functional groups attached to an aromatic ring is 1. The van der Waals surface area contributed by atoms with Crippen molar-refractivity contribution in [1.29, 1.82) is 0 Å². The van der Waals surface area contributed by atoms with E-state index in [2.05, 4.69) is 25.9 Å². The number of amides is 1. The molecule has 0 radical (unpaired) electrons. The van der Waals surface area contributed by atoms with Crippen molar-refractivity contribution in [1.82, 2.24) is 19.3 Å². The summed E-state index contributed by atoms with van der Waals surface area (Å²) in [5.74, 6) is 0.483. The van der Waals surface area contributed by atoms with Crippen LogP contribution in [0.5, 0.6) is 0 Å². The Balaban J connectivity index is 0.000000126. The van der Waals surface area contributed by atoms with Crippen LogP contribution in [0.4, 0.5) is 10.6 Å². The van der Waals surface area contributed by atoms with Crippen LogP contribution >= 0.6 is 15.9 Å². The van der Waals surface area contributed by atoms with Gasteiger partial charge in [0.25, 0.3) is 0 Å². The molecule has 1 atom stereocenters. The van der Waals surface area contributed by atoms with E-state index >= 15 is 0 Å². The minimum atomic E-state index is -0.107. The van der Waals surface area contributed by atoms with E-state index in [1.165, 1.54) is 6.42 Å². The number of anilines is 1. The third kappa shape index (κ3) is 2.80. The van der Waals surface area contributed by atoms with Crippen LogP contribution in [0.2, 0.25) is 0 Å². The van der Waals surface area contributed by atoms with Crippen molar-refractivity contribution < 1.29 is 9.53 Å². The van der Waals surface area contributed by atoms with E-state index in [0.29, 0.717) is 18.5 Å². The van der Waals surface area contributed by atoms with Crippen molar-refractivity contribution in [2.24, 2.45) is 0 Å². The maximum absolute atomic E-state index is 10.9. The fraction of sp³-hybridized carbons (Fsp3) is 0.462. The lowest BCUT2D eigenvalue weighted by Crippen LogP contribution is -2.37. The fourth-order valence-electron chi connectivity index (χ4n) is 2.60. The lowest BCUT2D eigenvalue weighted by molar-refractivity contribution is 0.154. The zero-order valence-electron chi connectivity index (χ0n) is 11.4. The van der Waals surface area contributed by atoms with Crippen LogP contribution in [0.3, 0.4) is 0 Å². The summed E-state index contributed by atoms with van der Waals surface area (Å²) in [7, 11) is 0. The zero-order chi connectivity index (χ0) is 14.8. The van der Waals surface area contributed by atoms with Crippen LogP contribution in [0.1, 0.15) is 19.3 Å². The number of aromatic nitrogens is 3. The van der Waals surface area contributed by atoms with Crippen LogP contribution < -0.4 is 5.73 Å². The minimum absolute atomic E-state index is 0.107. The molecule has 0 bridgehead atoms. The first-order valence-corrected chi connectivity index (χ1v) is 7.62. The first-order valence-electron chi connectivity index (χ1n) is 6.83. The van der Waals surface area contributed by atoms with Crippen molar-refractivity contribution in [2.45, 2.75) is 25.3 Å². The molecule has 4 heterocycles. The molecule has 2 aliphatic heterocycles. The van der Waals surface area contributed by atoms with Gasteiger partial charge in [-0.3, -0.25) is 0 Å². The standard InChI is InChI=1S/C7H11NO2.C6H5BrN4/c9-7-8-4-2-1-3-6(8)5-10-7;7-5-4-6(8)9-1-2-11(4)3-10-5/h6H,1-5H2;1-3H,(H2,8,9). The number of hydrogen-bond donors (Lipinski definition) is 1. The van der Waals surface area contributed by atoms with Crippen molar-refractivity contribution in [3.8, 4) is 0 Å². The quantitative estimate of drug-likeness (QED) is 0.783. The summed E-state index contributed by atoms with van der Waals surface area (Å²) in [5.41, 5.74) is 6.41. The Bertz CT molecular complexity index is 659. The second kappa shape index (κ2) is 5.88. The van der Waals surface area contributed by atoms with Crippen LogP contribution in [-0.4, -0.2) is 44.6 Å². The molecule has 2 N–H and O–H groups in total. The van der Waals surface area contributed by atoms with E-state index in [1.54, 1.807) is 18.7 Å². The van der Waals surface area contributed by atoms with E-state index < -0.39 is 0 Å². The molecule has 0 aliphatic carbocycles. The van der Waals surface area contributed by atoms with Gasteiger partial charge in [0.15, 0.2) is 5.82 Å². The normalized spacial score (nSPS) is 20.7. The lowest BCUT2D eigenvalue weighted by Gasteiger charge is -2.25. The second-order valence-corrected chi connectivity index (χ2v) is 5.77. The maximum atomic E-state index is 10.9. The highest BCUT2D eigenvalue weighted by molar-refractivity contribution is 9.10. The van der Waals surface area contributed by atoms with Crippen molar-refractivity contribution in [3.05, 3.63) is 23.3 Å². The number of ether oxygens (including phenoxy) is 1. The number of hydrogen-bond acceptors (Lipinski definition) is 5. The molecular weight excluding hydrogens is 338 g/mol. The third-order valence-electron chi connectivity index (χ3n) is 3.69. The molecular formula is C13H16BrN5O2. The molecule has 1 unspecified atom stereocenters. The Kier molecular flexibility index (Phi) is 3.96. The number of imidazole rings is 1. The fourth-order valence-corrected chi connectivity index (χ4v) is 3.10. The summed E-state index contributed by atoms with van der Waals surface area (Å²) in [6.45, 7) is 1.53. The largest absolute Gasteiger partial charge is 0.447 e. The third-order valence-corrected chi connectivity index (χ3v) is 4.27. The van der Waals surface area contributed by atoms with Gasteiger partial charge in [0.2, 0.25) is 0 Å². The average molecular weight is 354 g/mol. The maximum Gasteiger partial charge on any atom is 0.410 e. The molecule has 0 saturated carbocycles. The topological polar surface area (TPSA) is 85.8 Å². The van der Waals surface area contributed by atoms with Crippen molar-refractivity contribution >= 4 is 33.4 Å². The van der Waals surface area contributed by atoms with Gasteiger partial charge in [-0.15, -0.1) is 0 Å². The van der Waals surface area contributed by atoms with Crippen LogP contribution in [0, 0.1) is 0 Å². The molecule has 2 fully saturated rings. The van der Waals surface area contributed by atoms with Crippen LogP contribution in [0.25, 0.3) is 5.52 Å². The molecule has 112 valence electrons. The predicted octanol–water partition coefficient (Wildman–Crippen LogP) is 2.07. The smallest absolute Gasteiger partial charge is 0.410 e. The molecule has 2 aliphatic rings. The van der Waals surface area contributed by atoms with Crippen LogP contribution in [0.15, 0.2) is 23.3 Å². The molecule has 1 amide bonds. The summed E-state index contributed by atoms with van der Waals surface area (Å²) in [4.78, 5) is 20.7. The summed E-state index contributed by atoms with van der Waals surface area (Å²) < 4.78 is 7.42. The monoisotopic (exact) mass is 353 g/mol. The Morgan fingerprint density at radius 3 is 3.00 bits per heavy atom. The Morgan fingerprint density at radius 2 is 2.24 bits per heavy atom. The van der Waals surface area contributed by atoms with E-state index in [0.717, 1.165) is 29.5 Å². The number of rotatable bonds is 0. The molecule has 2 aromatic heterocycles. The molecule has 2 aromatic rings. The molecule has 2 saturated heterocycles. The van der Waals surface area contributed by atoms with Crippen molar-refractivity contribution in [2.75, 3.05) is 18.9 Å². The van der Waals surface area contributed by atoms with Gasteiger partial charge in [-0.25, -0.2) is 14.8 Å². The van der Waals surface area contributed by atoms with Gasteiger partial charge in [0.1, 0.15) is 23.1 Å². The molecule has 21 heavy (non-hydrogen) atoms. The van der Waals surface area contributed by atoms with Crippen LogP contribution in [-0.2, 0) is 4.74 Å². The van der Waals surface area contributed by atoms with Gasteiger partial charge < -0.3 is 19.8 Å². The van der Waals surface area contributed by atoms with Gasteiger partial charge in [-0.05, 0) is 35.2 Å². The van der Waals surface area contributed by atoms with E-state index in [9.17, 15) is 4.79 Å². The highest BCUT2D eigenvalue weighted by atomic mass is 79.9.